The second-order valence-electron chi connectivity index (χ2n) is 5.83. The van der Waals surface area contributed by atoms with E-state index in [0.717, 1.165) is 12.8 Å². The molecular formula is C19H18BrCl2N3O3S. The summed E-state index contributed by atoms with van der Waals surface area (Å²) in [6.07, 6.45) is 1.98. The monoisotopic (exact) mass is 517 g/mol. The van der Waals surface area contributed by atoms with Gasteiger partial charge in [-0.15, -0.1) is 0 Å². The standard InChI is InChI=1S/C19H18BrCl2N3O3S/c1-2-3-8-28-16-7-4-11(9-14(16)20)17(26)23-19(29)25-24-18(27)13-6-5-12(21)10-15(13)22/h4-7,9-10H,2-3,8H2,1H3,(H,24,27)(H2,23,25,26,29). The van der Waals surface area contributed by atoms with E-state index in [4.69, 9.17) is 40.2 Å². The van der Waals surface area contributed by atoms with Crippen LogP contribution < -0.4 is 20.9 Å². The van der Waals surface area contributed by atoms with Crippen LogP contribution in [0, 0.1) is 0 Å². The summed E-state index contributed by atoms with van der Waals surface area (Å²) in [6, 6.07) is 9.42. The number of amides is 2. The van der Waals surface area contributed by atoms with Gasteiger partial charge in [-0.05, 0) is 71.0 Å². The lowest BCUT2D eigenvalue weighted by Crippen LogP contribution is -2.48. The molecule has 0 aromatic heterocycles. The second kappa shape index (κ2) is 11.3. The molecule has 10 heteroatoms. The molecule has 0 unspecified atom stereocenters. The van der Waals surface area contributed by atoms with Gasteiger partial charge >= 0.3 is 0 Å². The van der Waals surface area contributed by atoms with Crippen LogP contribution in [0.25, 0.3) is 0 Å². The normalized spacial score (nSPS) is 10.2. The molecule has 0 spiro atoms. The maximum Gasteiger partial charge on any atom is 0.271 e. The number of rotatable bonds is 6. The lowest BCUT2D eigenvalue weighted by atomic mass is 10.2. The van der Waals surface area contributed by atoms with E-state index in [9.17, 15) is 9.59 Å². The average Bonchev–Trinajstić information content (AvgIpc) is 2.67. The van der Waals surface area contributed by atoms with Crippen LogP contribution in [-0.4, -0.2) is 23.5 Å². The van der Waals surface area contributed by atoms with E-state index < -0.39 is 11.8 Å². The molecule has 0 saturated heterocycles. The third-order valence-corrected chi connectivity index (χ3v) is 5.01. The third kappa shape index (κ3) is 7.15. The van der Waals surface area contributed by atoms with Gasteiger partial charge in [0.15, 0.2) is 5.11 Å². The first kappa shape index (κ1) is 23.4. The van der Waals surface area contributed by atoms with Crippen molar-refractivity contribution in [3.8, 4) is 5.75 Å². The molecule has 2 rings (SSSR count). The molecule has 0 bridgehead atoms. The Morgan fingerprint density at radius 1 is 1.10 bits per heavy atom. The molecule has 3 N–H and O–H groups in total. The largest absolute Gasteiger partial charge is 0.492 e. The van der Waals surface area contributed by atoms with Gasteiger partial charge in [-0.3, -0.25) is 25.8 Å². The van der Waals surface area contributed by atoms with Crippen LogP contribution in [-0.2, 0) is 0 Å². The summed E-state index contributed by atoms with van der Waals surface area (Å²) in [5, 5.41) is 3.01. The van der Waals surface area contributed by atoms with Crippen LogP contribution in [0.4, 0.5) is 0 Å². The second-order valence-corrected chi connectivity index (χ2v) is 7.94. The van der Waals surface area contributed by atoms with Crippen molar-refractivity contribution in [2.75, 3.05) is 6.61 Å². The molecule has 6 nitrogen and oxygen atoms in total. The molecule has 0 atom stereocenters. The van der Waals surface area contributed by atoms with Crippen molar-refractivity contribution < 1.29 is 14.3 Å². The van der Waals surface area contributed by atoms with Crippen LogP contribution in [0.3, 0.4) is 0 Å². The van der Waals surface area contributed by atoms with E-state index in [0.29, 0.717) is 27.4 Å². The van der Waals surface area contributed by atoms with E-state index in [1.54, 1.807) is 18.2 Å². The van der Waals surface area contributed by atoms with E-state index in [1.807, 2.05) is 0 Å². The minimum atomic E-state index is -0.528. The number of halogens is 3. The van der Waals surface area contributed by atoms with E-state index in [1.165, 1.54) is 18.2 Å². The van der Waals surface area contributed by atoms with Gasteiger partial charge < -0.3 is 4.74 Å². The van der Waals surface area contributed by atoms with Crippen LogP contribution in [0.1, 0.15) is 40.5 Å². The van der Waals surface area contributed by atoms with E-state index in [2.05, 4.69) is 39.0 Å². The molecule has 154 valence electrons. The first-order chi connectivity index (χ1) is 13.8. The van der Waals surface area contributed by atoms with Crippen molar-refractivity contribution >= 4 is 68.3 Å². The zero-order chi connectivity index (χ0) is 21.4. The molecule has 2 aromatic carbocycles. The first-order valence-corrected chi connectivity index (χ1v) is 10.6. The van der Waals surface area contributed by atoms with E-state index >= 15 is 0 Å². The highest BCUT2D eigenvalue weighted by Gasteiger charge is 2.13. The maximum atomic E-state index is 12.3. The molecule has 0 aliphatic carbocycles. The van der Waals surface area contributed by atoms with Gasteiger partial charge in [-0.1, -0.05) is 36.5 Å². The predicted octanol–water partition coefficient (Wildman–Crippen LogP) is 4.88. The number of carbonyl (C=O) groups excluding carboxylic acids is 2. The summed E-state index contributed by atoms with van der Waals surface area (Å²) in [4.78, 5) is 24.5. The highest BCUT2D eigenvalue weighted by molar-refractivity contribution is 9.10. The number of unbranched alkanes of at least 4 members (excludes halogenated alkanes) is 1. The van der Waals surface area contributed by atoms with Crippen LogP contribution >= 0.6 is 51.3 Å². The highest BCUT2D eigenvalue weighted by Crippen LogP contribution is 2.26. The van der Waals surface area contributed by atoms with Crippen LogP contribution in [0.5, 0.6) is 5.75 Å². The van der Waals surface area contributed by atoms with Crippen molar-refractivity contribution in [3.63, 3.8) is 0 Å². The predicted molar refractivity (Wildman–Crippen MR) is 122 cm³/mol. The fraction of sp³-hybridized carbons (Fsp3) is 0.211. The van der Waals surface area contributed by atoms with Crippen molar-refractivity contribution in [2.24, 2.45) is 0 Å². The lowest BCUT2D eigenvalue weighted by Gasteiger charge is -2.12. The van der Waals surface area contributed by atoms with Crippen molar-refractivity contribution in [1.29, 1.82) is 0 Å². The lowest BCUT2D eigenvalue weighted by molar-refractivity contribution is 0.0934. The average molecular weight is 519 g/mol. The molecule has 0 heterocycles. The van der Waals surface area contributed by atoms with Gasteiger partial charge in [0.2, 0.25) is 0 Å². The van der Waals surface area contributed by atoms with Crippen molar-refractivity contribution in [2.45, 2.75) is 19.8 Å². The summed E-state index contributed by atoms with van der Waals surface area (Å²) in [6.45, 7) is 2.68. The number of carbonyl (C=O) groups is 2. The Morgan fingerprint density at radius 2 is 1.86 bits per heavy atom. The minimum absolute atomic E-state index is 0.0761. The SMILES string of the molecule is CCCCOc1ccc(C(=O)NC(=S)NNC(=O)c2ccc(Cl)cc2Cl)cc1Br. The number of hydrazine groups is 1. The summed E-state index contributed by atoms with van der Waals surface area (Å²) >= 11 is 20.2. The Labute approximate surface area is 192 Å². The summed E-state index contributed by atoms with van der Waals surface area (Å²) in [7, 11) is 0. The molecule has 2 aromatic rings. The number of nitrogens with one attached hydrogen (secondary N) is 3. The van der Waals surface area contributed by atoms with E-state index in [-0.39, 0.29) is 15.7 Å². The number of hydrogen-bond donors (Lipinski definition) is 3. The van der Waals surface area contributed by atoms with Crippen LogP contribution in [0.2, 0.25) is 10.0 Å². The van der Waals surface area contributed by atoms with Gasteiger partial charge in [0, 0.05) is 10.6 Å². The summed E-state index contributed by atoms with van der Waals surface area (Å²) < 4.78 is 6.29. The molecule has 0 aliphatic rings. The zero-order valence-electron chi connectivity index (χ0n) is 15.4. The molecule has 0 saturated carbocycles. The number of benzene rings is 2. The van der Waals surface area contributed by atoms with Gasteiger partial charge in [0.25, 0.3) is 11.8 Å². The fourth-order valence-corrected chi connectivity index (χ4v) is 3.28. The zero-order valence-corrected chi connectivity index (χ0v) is 19.3. The van der Waals surface area contributed by atoms with Gasteiger partial charge in [-0.25, -0.2) is 0 Å². The Morgan fingerprint density at radius 3 is 2.52 bits per heavy atom. The maximum absolute atomic E-state index is 12.3. The third-order valence-electron chi connectivity index (χ3n) is 3.64. The number of hydrogen-bond acceptors (Lipinski definition) is 4. The number of ether oxygens (including phenoxy) is 1. The van der Waals surface area contributed by atoms with Gasteiger partial charge in [0.1, 0.15) is 5.75 Å². The smallest absolute Gasteiger partial charge is 0.271 e. The first-order valence-electron chi connectivity index (χ1n) is 8.61. The summed E-state index contributed by atoms with van der Waals surface area (Å²) in [5.41, 5.74) is 5.40. The topological polar surface area (TPSA) is 79.5 Å². The Kier molecular flexibility index (Phi) is 9.16. The Balaban J connectivity index is 1.89. The van der Waals surface area contributed by atoms with Crippen molar-refractivity contribution in [3.05, 3.63) is 62.0 Å². The van der Waals surface area contributed by atoms with Crippen molar-refractivity contribution in [1.82, 2.24) is 16.2 Å². The molecule has 2 amide bonds. The Hall–Kier alpha value is -1.87. The molecule has 0 radical (unpaired) electrons. The van der Waals surface area contributed by atoms with Gasteiger partial charge in [0.05, 0.1) is 21.7 Å². The molecule has 0 aliphatic heterocycles. The molecular weight excluding hydrogens is 501 g/mol. The summed E-state index contributed by atoms with van der Waals surface area (Å²) in [5.74, 6) is -0.315. The fourth-order valence-electron chi connectivity index (χ4n) is 2.15. The molecule has 0 fully saturated rings. The number of thiocarbonyl (C=S) groups is 1. The quantitative estimate of drug-likeness (QED) is 0.288. The van der Waals surface area contributed by atoms with Crippen LogP contribution in [0.15, 0.2) is 40.9 Å². The highest BCUT2D eigenvalue weighted by atomic mass is 79.9. The Bertz CT molecular complexity index is 928. The van der Waals surface area contributed by atoms with Gasteiger partial charge in [-0.2, -0.15) is 0 Å². The minimum Gasteiger partial charge on any atom is -0.492 e. The molecule has 29 heavy (non-hydrogen) atoms.